The molecule has 1 N–H and O–H groups in total. The van der Waals surface area contributed by atoms with E-state index < -0.39 is 0 Å². The molecule has 1 atom stereocenters. The molecule has 0 radical (unpaired) electrons. The Morgan fingerprint density at radius 2 is 2.35 bits per heavy atom. The molecular weight excluding hydrogens is 250 g/mol. The number of fused-ring (bicyclic) bond motifs is 1. The molecule has 0 bridgehead atoms. The molecule has 0 amide bonds. The zero-order valence-corrected chi connectivity index (χ0v) is 12.3. The Hall–Kier alpha value is -1.78. The topological polar surface area (TPSA) is 45.5 Å². The maximum Gasteiger partial charge on any atom is 0.180 e. The van der Waals surface area contributed by atoms with Gasteiger partial charge in [0.05, 0.1) is 6.20 Å². The second kappa shape index (κ2) is 5.69. The third-order valence-corrected chi connectivity index (χ3v) is 3.87. The molecular formula is C15H23N5. The van der Waals surface area contributed by atoms with Crippen molar-refractivity contribution in [3.8, 4) is 0 Å². The van der Waals surface area contributed by atoms with E-state index >= 15 is 0 Å². The van der Waals surface area contributed by atoms with Crippen LogP contribution < -0.4 is 10.2 Å². The molecule has 3 rings (SSSR count). The number of piperidine rings is 1. The summed E-state index contributed by atoms with van der Waals surface area (Å²) < 4.78 is 2.07. The van der Waals surface area contributed by atoms with Gasteiger partial charge in [0.1, 0.15) is 5.82 Å². The summed E-state index contributed by atoms with van der Waals surface area (Å²) in [6.45, 7) is 7.58. The van der Waals surface area contributed by atoms with Gasteiger partial charge in [-0.1, -0.05) is 13.8 Å². The number of imidazole rings is 1. The largest absolute Gasteiger partial charge is 0.369 e. The van der Waals surface area contributed by atoms with Crippen LogP contribution in [-0.4, -0.2) is 34.0 Å². The van der Waals surface area contributed by atoms with Crippen molar-refractivity contribution >= 4 is 17.3 Å². The van der Waals surface area contributed by atoms with Crippen molar-refractivity contribution in [2.75, 3.05) is 29.9 Å². The Balaban J connectivity index is 1.96. The predicted octanol–water partition coefficient (Wildman–Crippen LogP) is 2.79. The van der Waals surface area contributed by atoms with Crippen LogP contribution in [0.2, 0.25) is 0 Å². The van der Waals surface area contributed by atoms with Crippen LogP contribution in [-0.2, 0) is 0 Å². The summed E-state index contributed by atoms with van der Waals surface area (Å²) in [7, 11) is 0. The molecule has 0 saturated carbocycles. The highest BCUT2D eigenvalue weighted by atomic mass is 15.2. The van der Waals surface area contributed by atoms with Crippen LogP contribution >= 0.6 is 0 Å². The quantitative estimate of drug-likeness (QED) is 0.930. The standard InChI is InChI=1S/C15H23N5/c1-3-6-16-13-11-20-9-7-17-14(20)15(18-13)19-8-4-5-12(2)10-19/h7,9,11-12,16H,3-6,8,10H2,1-2H3. The number of anilines is 2. The Kier molecular flexibility index (Phi) is 3.76. The second-order valence-electron chi connectivity index (χ2n) is 5.73. The van der Waals surface area contributed by atoms with Crippen molar-refractivity contribution in [2.24, 2.45) is 5.92 Å². The van der Waals surface area contributed by atoms with Crippen LogP contribution in [0.1, 0.15) is 33.1 Å². The monoisotopic (exact) mass is 273 g/mol. The SMILES string of the molecule is CCCNc1cn2ccnc2c(N2CCCC(C)C2)n1. The van der Waals surface area contributed by atoms with Gasteiger partial charge in [-0.2, -0.15) is 0 Å². The first-order chi connectivity index (χ1) is 9.78. The number of aromatic nitrogens is 3. The fourth-order valence-electron chi connectivity index (χ4n) is 2.85. The van der Waals surface area contributed by atoms with Crippen LogP contribution in [0, 0.1) is 5.92 Å². The fourth-order valence-corrected chi connectivity index (χ4v) is 2.85. The van der Waals surface area contributed by atoms with E-state index in [0.717, 1.165) is 49.3 Å². The summed E-state index contributed by atoms with van der Waals surface area (Å²) in [5.41, 5.74) is 0.959. The Bertz CT molecular complexity index is 577. The summed E-state index contributed by atoms with van der Waals surface area (Å²) in [6, 6.07) is 0. The van der Waals surface area contributed by atoms with E-state index in [4.69, 9.17) is 4.98 Å². The van der Waals surface area contributed by atoms with Gasteiger partial charge in [-0.15, -0.1) is 0 Å². The molecule has 5 heteroatoms. The zero-order chi connectivity index (χ0) is 13.9. The summed E-state index contributed by atoms with van der Waals surface area (Å²) in [5, 5.41) is 3.38. The molecule has 108 valence electrons. The van der Waals surface area contributed by atoms with Crippen LogP contribution in [0.25, 0.3) is 5.65 Å². The molecule has 2 aromatic rings. The highest BCUT2D eigenvalue weighted by Gasteiger charge is 2.21. The second-order valence-corrected chi connectivity index (χ2v) is 5.73. The first-order valence-electron chi connectivity index (χ1n) is 7.60. The van der Waals surface area contributed by atoms with E-state index in [1.807, 2.05) is 18.6 Å². The van der Waals surface area contributed by atoms with Crippen molar-refractivity contribution in [2.45, 2.75) is 33.1 Å². The van der Waals surface area contributed by atoms with Gasteiger partial charge in [-0.3, -0.25) is 0 Å². The van der Waals surface area contributed by atoms with Crippen LogP contribution in [0.3, 0.4) is 0 Å². The lowest BCUT2D eigenvalue weighted by Crippen LogP contribution is -2.35. The molecule has 5 nitrogen and oxygen atoms in total. The molecule has 1 saturated heterocycles. The molecule has 3 heterocycles. The maximum absolute atomic E-state index is 4.80. The maximum atomic E-state index is 4.80. The minimum atomic E-state index is 0.729. The third-order valence-electron chi connectivity index (χ3n) is 3.87. The summed E-state index contributed by atoms with van der Waals surface area (Å²) in [4.78, 5) is 11.7. The van der Waals surface area contributed by atoms with E-state index in [1.165, 1.54) is 12.8 Å². The fraction of sp³-hybridized carbons (Fsp3) is 0.600. The Labute approximate surface area is 120 Å². The first kappa shape index (κ1) is 13.2. The lowest BCUT2D eigenvalue weighted by molar-refractivity contribution is 0.445. The lowest BCUT2D eigenvalue weighted by Gasteiger charge is -2.32. The zero-order valence-electron chi connectivity index (χ0n) is 12.3. The van der Waals surface area contributed by atoms with Gasteiger partial charge < -0.3 is 14.6 Å². The van der Waals surface area contributed by atoms with Crippen LogP contribution in [0.4, 0.5) is 11.6 Å². The molecule has 1 aliphatic heterocycles. The van der Waals surface area contributed by atoms with Gasteiger partial charge in [-0.05, 0) is 25.2 Å². The molecule has 0 spiro atoms. The average molecular weight is 273 g/mol. The molecule has 1 aliphatic rings. The molecule has 2 aromatic heterocycles. The Morgan fingerprint density at radius 3 is 3.15 bits per heavy atom. The number of nitrogens with zero attached hydrogens (tertiary/aromatic N) is 4. The number of nitrogens with one attached hydrogen (secondary N) is 1. The highest BCUT2D eigenvalue weighted by Crippen LogP contribution is 2.25. The van der Waals surface area contributed by atoms with Gasteiger partial charge in [0.25, 0.3) is 0 Å². The summed E-state index contributed by atoms with van der Waals surface area (Å²) >= 11 is 0. The van der Waals surface area contributed by atoms with E-state index in [-0.39, 0.29) is 0 Å². The molecule has 20 heavy (non-hydrogen) atoms. The van der Waals surface area contributed by atoms with Crippen molar-refractivity contribution in [1.82, 2.24) is 14.4 Å². The van der Waals surface area contributed by atoms with Gasteiger partial charge in [0, 0.05) is 32.0 Å². The van der Waals surface area contributed by atoms with E-state index in [1.54, 1.807) is 0 Å². The van der Waals surface area contributed by atoms with E-state index in [2.05, 4.69) is 33.4 Å². The molecule has 0 aliphatic carbocycles. The molecule has 1 fully saturated rings. The van der Waals surface area contributed by atoms with E-state index in [0.29, 0.717) is 0 Å². The predicted molar refractivity (Wildman–Crippen MR) is 82.4 cm³/mol. The van der Waals surface area contributed by atoms with E-state index in [9.17, 15) is 0 Å². The normalized spacial score (nSPS) is 19.5. The van der Waals surface area contributed by atoms with Crippen molar-refractivity contribution in [1.29, 1.82) is 0 Å². The van der Waals surface area contributed by atoms with Crippen LogP contribution in [0.15, 0.2) is 18.6 Å². The lowest BCUT2D eigenvalue weighted by atomic mass is 10.0. The Morgan fingerprint density at radius 1 is 1.45 bits per heavy atom. The summed E-state index contributed by atoms with van der Waals surface area (Å²) in [5.74, 6) is 2.68. The minimum Gasteiger partial charge on any atom is -0.369 e. The van der Waals surface area contributed by atoms with Gasteiger partial charge >= 0.3 is 0 Å². The molecule has 0 aromatic carbocycles. The van der Waals surface area contributed by atoms with Crippen molar-refractivity contribution < 1.29 is 0 Å². The van der Waals surface area contributed by atoms with Gasteiger partial charge in [0.15, 0.2) is 11.5 Å². The van der Waals surface area contributed by atoms with Gasteiger partial charge in [-0.25, -0.2) is 9.97 Å². The third kappa shape index (κ3) is 2.57. The van der Waals surface area contributed by atoms with Crippen molar-refractivity contribution in [3.05, 3.63) is 18.6 Å². The highest BCUT2D eigenvalue weighted by molar-refractivity contribution is 5.67. The number of hydrogen-bond acceptors (Lipinski definition) is 4. The van der Waals surface area contributed by atoms with Crippen molar-refractivity contribution in [3.63, 3.8) is 0 Å². The number of rotatable bonds is 4. The smallest absolute Gasteiger partial charge is 0.180 e. The van der Waals surface area contributed by atoms with Gasteiger partial charge in [0.2, 0.25) is 0 Å². The average Bonchev–Trinajstić information content (AvgIpc) is 2.92. The number of hydrogen-bond donors (Lipinski definition) is 1. The minimum absolute atomic E-state index is 0.729. The summed E-state index contributed by atoms with van der Waals surface area (Å²) in [6.07, 6.45) is 9.51. The van der Waals surface area contributed by atoms with Crippen LogP contribution in [0.5, 0.6) is 0 Å². The first-order valence-corrected chi connectivity index (χ1v) is 7.60. The molecule has 1 unspecified atom stereocenters.